The van der Waals surface area contributed by atoms with Crippen molar-refractivity contribution in [2.75, 3.05) is 7.05 Å². The molecule has 0 aliphatic rings. The number of likely N-dealkylation sites (N-methyl/N-ethyl adjacent to an activating group) is 1. The monoisotopic (exact) mass is 253 g/mol. The van der Waals surface area contributed by atoms with E-state index in [4.69, 9.17) is 0 Å². The first-order chi connectivity index (χ1) is 6.93. The minimum atomic E-state index is -4.24. The maximum atomic E-state index is 12.2. The lowest BCUT2D eigenvalue weighted by Crippen LogP contribution is -2.23. The van der Waals surface area contributed by atoms with Gasteiger partial charge in [0.25, 0.3) is 0 Å². The minimum Gasteiger partial charge on any atom is -0.317 e. The second-order valence-electron chi connectivity index (χ2n) is 3.59. The highest BCUT2D eigenvalue weighted by molar-refractivity contribution is 5.85. The van der Waals surface area contributed by atoms with Crippen LogP contribution in [0.15, 0.2) is 24.3 Å². The molecule has 1 N–H and O–H groups in total. The molecule has 1 unspecified atom stereocenters. The molecular weight excluding hydrogens is 239 g/mol. The highest BCUT2D eigenvalue weighted by Gasteiger charge is 2.29. The van der Waals surface area contributed by atoms with Crippen LogP contribution in [0.2, 0.25) is 0 Å². The molecule has 0 bridgehead atoms. The normalized spacial score (nSPS) is 13.1. The van der Waals surface area contributed by atoms with Crippen molar-refractivity contribution in [3.8, 4) is 0 Å². The Morgan fingerprint density at radius 1 is 1.19 bits per heavy atom. The summed E-state index contributed by atoms with van der Waals surface area (Å²) in [6, 6.07) is 5.56. The van der Waals surface area contributed by atoms with Gasteiger partial charge in [0.2, 0.25) is 0 Å². The van der Waals surface area contributed by atoms with E-state index >= 15 is 0 Å². The van der Waals surface area contributed by atoms with Crippen LogP contribution in [0.1, 0.15) is 18.1 Å². The van der Waals surface area contributed by atoms with Gasteiger partial charge in [0.1, 0.15) is 0 Å². The first-order valence-corrected chi connectivity index (χ1v) is 4.77. The van der Waals surface area contributed by atoms with Crippen LogP contribution < -0.4 is 5.32 Å². The minimum absolute atomic E-state index is 0. The smallest absolute Gasteiger partial charge is 0.317 e. The summed E-state index contributed by atoms with van der Waals surface area (Å²) in [5.41, 5.74) is 0.313. The van der Waals surface area contributed by atoms with E-state index < -0.39 is 11.7 Å². The summed E-state index contributed by atoms with van der Waals surface area (Å²) in [6.07, 6.45) is -3.51. The number of hydrogen-bond acceptors (Lipinski definition) is 1. The van der Waals surface area contributed by atoms with Crippen LogP contribution in [-0.4, -0.2) is 13.1 Å². The molecule has 1 aromatic carbocycles. The van der Waals surface area contributed by atoms with Crippen molar-refractivity contribution in [1.82, 2.24) is 5.32 Å². The van der Waals surface area contributed by atoms with Crippen LogP contribution in [0.3, 0.4) is 0 Å². The summed E-state index contributed by atoms with van der Waals surface area (Å²) in [7, 11) is 1.83. The number of benzene rings is 1. The van der Waals surface area contributed by atoms with Gasteiger partial charge in [0.15, 0.2) is 0 Å². The van der Waals surface area contributed by atoms with Crippen molar-refractivity contribution >= 4 is 12.4 Å². The average Bonchev–Trinajstić information content (AvgIpc) is 2.17. The van der Waals surface area contributed by atoms with E-state index in [2.05, 4.69) is 5.32 Å². The van der Waals surface area contributed by atoms with E-state index in [0.29, 0.717) is 0 Å². The molecule has 0 saturated heterocycles. The Morgan fingerprint density at radius 2 is 1.69 bits per heavy atom. The Morgan fingerprint density at radius 3 is 2.06 bits per heavy atom. The first-order valence-electron chi connectivity index (χ1n) is 4.77. The molecule has 1 rings (SSSR count). The molecule has 0 aliphatic heterocycles. The van der Waals surface area contributed by atoms with E-state index in [1.807, 2.05) is 14.0 Å². The quantitative estimate of drug-likeness (QED) is 0.872. The third-order valence-corrected chi connectivity index (χ3v) is 2.32. The van der Waals surface area contributed by atoms with E-state index in [1.165, 1.54) is 12.1 Å². The Labute approximate surface area is 99.5 Å². The van der Waals surface area contributed by atoms with E-state index in [-0.39, 0.29) is 18.4 Å². The Bertz CT molecular complexity index is 308. The van der Waals surface area contributed by atoms with Crippen LogP contribution in [0, 0.1) is 0 Å². The molecule has 1 nitrogen and oxygen atoms in total. The molecule has 0 fully saturated rings. The molecule has 1 atom stereocenters. The molecule has 5 heteroatoms. The van der Waals surface area contributed by atoms with Crippen LogP contribution in [0.25, 0.3) is 0 Å². The summed E-state index contributed by atoms with van der Waals surface area (Å²) in [5, 5.41) is 3.04. The van der Waals surface area contributed by atoms with Gasteiger partial charge in [0, 0.05) is 6.04 Å². The van der Waals surface area contributed by atoms with E-state index in [9.17, 15) is 13.2 Å². The van der Waals surface area contributed by atoms with Crippen LogP contribution >= 0.6 is 12.4 Å². The summed E-state index contributed by atoms with van der Waals surface area (Å²) >= 11 is 0. The average molecular weight is 254 g/mol. The molecule has 0 amide bonds. The summed E-state index contributed by atoms with van der Waals surface area (Å²) in [6.45, 7) is 1.98. The van der Waals surface area contributed by atoms with Gasteiger partial charge < -0.3 is 5.32 Å². The van der Waals surface area contributed by atoms with E-state index in [1.54, 1.807) is 0 Å². The first kappa shape index (κ1) is 15.3. The largest absolute Gasteiger partial charge is 0.416 e. The van der Waals surface area contributed by atoms with Gasteiger partial charge >= 0.3 is 6.18 Å². The van der Waals surface area contributed by atoms with Gasteiger partial charge in [0.05, 0.1) is 5.56 Å². The Kier molecular flexibility index (Phi) is 5.83. The second-order valence-corrected chi connectivity index (χ2v) is 3.59. The lowest BCUT2D eigenvalue weighted by Gasteiger charge is -2.11. The van der Waals surface area contributed by atoms with Gasteiger partial charge in [-0.15, -0.1) is 12.4 Å². The van der Waals surface area contributed by atoms with Gasteiger partial charge in [-0.1, -0.05) is 12.1 Å². The summed E-state index contributed by atoms with van der Waals surface area (Å²) in [5.74, 6) is 0. The number of halogens is 4. The van der Waals surface area contributed by atoms with Gasteiger partial charge in [-0.3, -0.25) is 0 Å². The third kappa shape index (κ3) is 4.41. The molecular formula is C11H15ClF3N. The van der Waals surface area contributed by atoms with Crippen LogP contribution in [-0.2, 0) is 12.6 Å². The molecule has 1 aromatic rings. The molecule has 0 heterocycles. The molecule has 0 aliphatic carbocycles. The molecule has 0 saturated carbocycles. The fraction of sp³-hybridized carbons (Fsp3) is 0.455. The Balaban J connectivity index is 0.00000225. The zero-order valence-corrected chi connectivity index (χ0v) is 9.95. The van der Waals surface area contributed by atoms with Crippen molar-refractivity contribution < 1.29 is 13.2 Å². The number of nitrogens with one attached hydrogen (secondary N) is 1. The third-order valence-electron chi connectivity index (χ3n) is 2.32. The maximum absolute atomic E-state index is 12.2. The van der Waals surface area contributed by atoms with Crippen molar-refractivity contribution in [2.24, 2.45) is 0 Å². The SMILES string of the molecule is CNC(C)Cc1ccc(C(F)(F)F)cc1.Cl. The van der Waals surface area contributed by atoms with Crippen molar-refractivity contribution in [3.05, 3.63) is 35.4 Å². The second kappa shape index (κ2) is 6.11. The molecule has 16 heavy (non-hydrogen) atoms. The fourth-order valence-electron chi connectivity index (χ4n) is 1.29. The lowest BCUT2D eigenvalue weighted by atomic mass is 10.1. The summed E-state index contributed by atoms with van der Waals surface area (Å²) in [4.78, 5) is 0. The summed E-state index contributed by atoms with van der Waals surface area (Å²) < 4.78 is 36.7. The van der Waals surface area contributed by atoms with E-state index in [0.717, 1.165) is 24.1 Å². The standard InChI is InChI=1S/C11H14F3N.ClH/c1-8(15-2)7-9-3-5-10(6-4-9)11(12,13)14;/h3-6,8,15H,7H2,1-2H3;1H. The zero-order chi connectivity index (χ0) is 11.5. The highest BCUT2D eigenvalue weighted by atomic mass is 35.5. The highest BCUT2D eigenvalue weighted by Crippen LogP contribution is 2.29. The Hall–Kier alpha value is -0.740. The number of alkyl halides is 3. The molecule has 0 radical (unpaired) electrons. The fourth-order valence-corrected chi connectivity index (χ4v) is 1.29. The van der Waals surface area contributed by atoms with Crippen molar-refractivity contribution in [1.29, 1.82) is 0 Å². The molecule has 0 spiro atoms. The van der Waals surface area contributed by atoms with Gasteiger partial charge in [-0.05, 0) is 38.1 Å². The predicted molar refractivity (Wildman–Crippen MR) is 60.9 cm³/mol. The molecule has 0 aromatic heterocycles. The lowest BCUT2D eigenvalue weighted by molar-refractivity contribution is -0.137. The maximum Gasteiger partial charge on any atom is 0.416 e. The van der Waals surface area contributed by atoms with Gasteiger partial charge in [-0.25, -0.2) is 0 Å². The molecule has 92 valence electrons. The van der Waals surface area contributed by atoms with Gasteiger partial charge in [-0.2, -0.15) is 13.2 Å². The number of rotatable bonds is 3. The van der Waals surface area contributed by atoms with Crippen LogP contribution in [0.4, 0.5) is 13.2 Å². The van der Waals surface area contributed by atoms with Crippen molar-refractivity contribution in [2.45, 2.75) is 25.6 Å². The van der Waals surface area contributed by atoms with Crippen LogP contribution in [0.5, 0.6) is 0 Å². The topological polar surface area (TPSA) is 12.0 Å². The van der Waals surface area contributed by atoms with Crippen molar-refractivity contribution in [3.63, 3.8) is 0 Å². The predicted octanol–water partition coefficient (Wildman–Crippen LogP) is 3.28. The number of hydrogen-bond donors (Lipinski definition) is 1. The zero-order valence-electron chi connectivity index (χ0n) is 9.14.